The van der Waals surface area contributed by atoms with Crippen molar-refractivity contribution in [2.45, 2.75) is 20.3 Å². The standard InChI is InChI=1S/C13H20N2/c1-10-8-11(2)13(14)12(9-10)6-4-5-7-15-3/h4,6,8-9,15H,5,7,14H2,1-3H3. The summed E-state index contributed by atoms with van der Waals surface area (Å²) >= 11 is 0. The molecule has 0 bridgehead atoms. The molecule has 0 heterocycles. The number of nitrogens with one attached hydrogen (secondary N) is 1. The molecule has 0 saturated carbocycles. The second kappa shape index (κ2) is 5.56. The van der Waals surface area contributed by atoms with Crippen molar-refractivity contribution in [3.63, 3.8) is 0 Å². The summed E-state index contributed by atoms with van der Waals surface area (Å²) < 4.78 is 0. The summed E-state index contributed by atoms with van der Waals surface area (Å²) in [7, 11) is 1.96. The van der Waals surface area contributed by atoms with Crippen molar-refractivity contribution in [1.29, 1.82) is 0 Å². The van der Waals surface area contributed by atoms with E-state index < -0.39 is 0 Å². The van der Waals surface area contributed by atoms with Gasteiger partial charge in [-0.2, -0.15) is 0 Å². The van der Waals surface area contributed by atoms with Gasteiger partial charge in [0.1, 0.15) is 0 Å². The lowest BCUT2D eigenvalue weighted by atomic mass is 10.0. The van der Waals surface area contributed by atoms with E-state index in [-0.39, 0.29) is 0 Å². The van der Waals surface area contributed by atoms with Crippen LogP contribution in [0.25, 0.3) is 6.08 Å². The second-order valence-corrected chi connectivity index (χ2v) is 3.88. The Kier molecular flexibility index (Phi) is 4.37. The molecule has 0 aliphatic carbocycles. The molecule has 82 valence electrons. The van der Waals surface area contributed by atoms with Crippen LogP contribution >= 0.6 is 0 Å². The molecule has 0 amide bonds. The molecule has 0 atom stereocenters. The molecule has 3 N–H and O–H groups in total. The molecule has 0 aliphatic heterocycles. The quantitative estimate of drug-likeness (QED) is 0.584. The van der Waals surface area contributed by atoms with Gasteiger partial charge in [0, 0.05) is 5.69 Å². The molecule has 1 aromatic carbocycles. The predicted molar refractivity (Wildman–Crippen MR) is 67.9 cm³/mol. The molecule has 0 spiro atoms. The summed E-state index contributed by atoms with van der Waals surface area (Å²) in [5.74, 6) is 0. The van der Waals surface area contributed by atoms with Crippen molar-refractivity contribution in [3.8, 4) is 0 Å². The van der Waals surface area contributed by atoms with Crippen LogP contribution in [0.5, 0.6) is 0 Å². The Morgan fingerprint density at radius 3 is 2.73 bits per heavy atom. The van der Waals surface area contributed by atoms with E-state index >= 15 is 0 Å². The topological polar surface area (TPSA) is 38.0 Å². The van der Waals surface area contributed by atoms with E-state index in [4.69, 9.17) is 5.73 Å². The number of nitrogen functional groups attached to an aromatic ring is 1. The zero-order valence-corrected chi connectivity index (χ0v) is 9.80. The van der Waals surface area contributed by atoms with E-state index in [1.54, 1.807) is 0 Å². The van der Waals surface area contributed by atoms with E-state index in [1.165, 1.54) is 5.56 Å². The molecule has 1 aromatic rings. The third-order valence-corrected chi connectivity index (χ3v) is 2.42. The molecule has 1 rings (SSSR count). The van der Waals surface area contributed by atoms with Crippen LogP contribution in [-0.2, 0) is 0 Å². The molecule has 0 aromatic heterocycles. The first-order chi connectivity index (χ1) is 7.15. The van der Waals surface area contributed by atoms with Crippen LogP contribution in [-0.4, -0.2) is 13.6 Å². The average molecular weight is 204 g/mol. The fraction of sp³-hybridized carbons (Fsp3) is 0.385. The van der Waals surface area contributed by atoms with Gasteiger partial charge >= 0.3 is 0 Å². The van der Waals surface area contributed by atoms with Crippen molar-refractivity contribution in [1.82, 2.24) is 5.32 Å². The zero-order chi connectivity index (χ0) is 11.3. The van der Waals surface area contributed by atoms with E-state index in [0.717, 1.165) is 29.8 Å². The summed E-state index contributed by atoms with van der Waals surface area (Å²) in [6, 6.07) is 4.23. The zero-order valence-electron chi connectivity index (χ0n) is 9.80. The van der Waals surface area contributed by atoms with Gasteiger partial charge in [0.25, 0.3) is 0 Å². The van der Waals surface area contributed by atoms with Gasteiger partial charge in [0.15, 0.2) is 0 Å². The number of aryl methyl sites for hydroxylation is 2. The lowest BCUT2D eigenvalue weighted by Gasteiger charge is -2.06. The van der Waals surface area contributed by atoms with Gasteiger partial charge in [0.05, 0.1) is 0 Å². The third-order valence-electron chi connectivity index (χ3n) is 2.42. The SMILES string of the molecule is CNCCC=Cc1cc(C)cc(C)c1N. The Morgan fingerprint density at radius 2 is 2.07 bits per heavy atom. The van der Waals surface area contributed by atoms with Crippen molar-refractivity contribution in [2.75, 3.05) is 19.3 Å². The van der Waals surface area contributed by atoms with Crippen molar-refractivity contribution < 1.29 is 0 Å². The number of hydrogen-bond acceptors (Lipinski definition) is 2. The van der Waals surface area contributed by atoms with Crippen LogP contribution in [0.15, 0.2) is 18.2 Å². The molecule has 0 unspecified atom stereocenters. The van der Waals surface area contributed by atoms with E-state index in [1.807, 2.05) is 14.0 Å². The molecule has 2 nitrogen and oxygen atoms in total. The van der Waals surface area contributed by atoms with E-state index in [0.29, 0.717) is 0 Å². The summed E-state index contributed by atoms with van der Waals surface area (Å²) in [6.45, 7) is 5.14. The molecule has 0 saturated heterocycles. The largest absolute Gasteiger partial charge is 0.398 e. The number of benzene rings is 1. The first kappa shape index (κ1) is 11.8. The maximum atomic E-state index is 6.00. The average Bonchev–Trinajstić information content (AvgIpc) is 2.19. The molecular formula is C13H20N2. The summed E-state index contributed by atoms with van der Waals surface area (Å²) in [4.78, 5) is 0. The molecule has 2 heteroatoms. The summed E-state index contributed by atoms with van der Waals surface area (Å²) in [5.41, 5.74) is 10.4. The van der Waals surface area contributed by atoms with Gasteiger partial charge in [-0.15, -0.1) is 0 Å². The van der Waals surface area contributed by atoms with Gasteiger partial charge < -0.3 is 11.1 Å². The Hall–Kier alpha value is -1.28. The fourth-order valence-corrected chi connectivity index (χ4v) is 1.59. The van der Waals surface area contributed by atoms with Crippen LogP contribution < -0.4 is 11.1 Å². The molecule has 0 fully saturated rings. The third kappa shape index (κ3) is 3.40. The van der Waals surface area contributed by atoms with E-state index in [2.05, 4.69) is 36.5 Å². The van der Waals surface area contributed by atoms with Gasteiger partial charge in [-0.3, -0.25) is 0 Å². The number of hydrogen-bond donors (Lipinski definition) is 2. The highest BCUT2D eigenvalue weighted by molar-refractivity contribution is 5.68. The van der Waals surface area contributed by atoms with Gasteiger partial charge in [-0.1, -0.05) is 23.8 Å². The number of anilines is 1. The van der Waals surface area contributed by atoms with Crippen LogP contribution in [0.4, 0.5) is 5.69 Å². The molecule has 15 heavy (non-hydrogen) atoms. The lowest BCUT2D eigenvalue weighted by Crippen LogP contribution is -2.05. The normalized spacial score (nSPS) is 11.1. The Morgan fingerprint density at radius 1 is 1.33 bits per heavy atom. The van der Waals surface area contributed by atoms with Gasteiger partial charge in [-0.05, 0) is 51.1 Å². The Balaban J connectivity index is 2.80. The Bertz CT molecular complexity index is 354. The smallest absolute Gasteiger partial charge is 0.0417 e. The van der Waals surface area contributed by atoms with Crippen molar-refractivity contribution in [3.05, 3.63) is 34.9 Å². The molecular weight excluding hydrogens is 184 g/mol. The molecule has 0 aliphatic rings. The minimum Gasteiger partial charge on any atom is -0.398 e. The summed E-state index contributed by atoms with van der Waals surface area (Å²) in [6.07, 6.45) is 5.29. The minimum absolute atomic E-state index is 0.890. The fourth-order valence-electron chi connectivity index (χ4n) is 1.59. The highest BCUT2D eigenvalue weighted by Gasteiger charge is 1.99. The number of rotatable bonds is 4. The first-order valence-electron chi connectivity index (χ1n) is 5.33. The predicted octanol–water partition coefficient (Wildman–Crippen LogP) is 2.51. The highest BCUT2D eigenvalue weighted by Crippen LogP contribution is 2.20. The first-order valence-corrected chi connectivity index (χ1v) is 5.33. The van der Waals surface area contributed by atoms with Crippen LogP contribution in [0.2, 0.25) is 0 Å². The number of nitrogens with two attached hydrogens (primary N) is 1. The minimum atomic E-state index is 0.890. The van der Waals surface area contributed by atoms with Crippen LogP contribution in [0, 0.1) is 13.8 Å². The summed E-state index contributed by atoms with van der Waals surface area (Å²) in [5, 5.41) is 3.11. The Labute approximate surface area is 92.2 Å². The van der Waals surface area contributed by atoms with Crippen molar-refractivity contribution in [2.24, 2.45) is 0 Å². The second-order valence-electron chi connectivity index (χ2n) is 3.88. The monoisotopic (exact) mass is 204 g/mol. The van der Waals surface area contributed by atoms with Crippen molar-refractivity contribution >= 4 is 11.8 Å². The van der Waals surface area contributed by atoms with Gasteiger partial charge in [-0.25, -0.2) is 0 Å². The van der Waals surface area contributed by atoms with Gasteiger partial charge in [0.2, 0.25) is 0 Å². The van der Waals surface area contributed by atoms with Crippen LogP contribution in [0.1, 0.15) is 23.1 Å². The maximum absolute atomic E-state index is 6.00. The maximum Gasteiger partial charge on any atom is 0.0417 e. The van der Waals surface area contributed by atoms with Crippen LogP contribution in [0.3, 0.4) is 0 Å². The highest BCUT2D eigenvalue weighted by atomic mass is 14.8. The lowest BCUT2D eigenvalue weighted by molar-refractivity contribution is 0.809. The van der Waals surface area contributed by atoms with E-state index in [9.17, 15) is 0 Å². The molecule has 0 radical (unpaired) electrons.